The molecule has 6 heteroatoms. The maximum atomic E-state index is 11.8. The van der Waals surface area contributed by atoms with Gasteiger partial charge in [-0.05, 0) is 51.4 Å². The van der Waals surface area contributed by atoms with Gasteiger partial charge in [-0.2, -0.15) is 0 Å². The highest BCUT2D eigenvalue weighted by molar-refractivity contribution is 7.53. The minimum Gasteiger partial charge on any atom is -0.373 e. The number of unbranched alkanes of at least 4 members (excludes halogenated alkanes) is 12. The van der Waals surface area contributed by atoms with E-state index in [9.17, 15) is 19.5 Å². The van der Waals surface area contributed by atoms with Gasteiger partial charge in [0, 0.05) is 0 Å². The van der Waals surface area contributed by atoms with Crippen molar-refractivity contribution in [3.05, 3.63) is 24.3 Å². The second kappa shape index (κ2) is 18.0. The van der Waals surface area contributed by atoms with Crippen LogP contribution in [0.15, 0.2) is 24.3 Å². The average molecular weight is 475 g/mol. The molecule has 0 bridgehead atoms. The van der Waals surface area contributed by atoms with E-state index in [1.165, 1.54) is 70.6 Å². The molecule has 0 aromatic rings. The van der Waals surface area contributed by atoms with Crippen molar-refractivity contribution >= 4 is 7.60 Å². The SMILES string of the molecule is CC/C=C\CCCCCCCCCCCC/C=C\CCCC(O)(C[N+](C)(C)C)P(=O)(O)O. The Morgan fingerprint density at radius 3 is 1.44 bits per heavy atom. The minimum atomic E-state index is -4.56. The molecule has 3 N–H and O–H groups in total. The Hall–Kier alpha value is -0.450. The second-order valence-corrected chi connectivity index (χ2v) is 12.3. The Balaban J connectivity index is 3.65. The third-order valence-corrected chi connectivity index (χ3v) is 7.23. The quantitative estimate of drug-likeness (QED) is 0.0729. The lowest BCUT2D eigenvalue weighted by Gasteiger charge is -2.35. The van der Waals surface area contributed by atoms with Crippen molar-refractivity contribution in [2.24, 2.45) is 0 Å². The number of nitrogens with zero attached hydrogens (tertiary/aromatic N) is 1. The van der Waals surface area contributed by atoms with E-state index in [-0.39, 0.29) is 13.0 Å². The lowest BCUT2D eigenvalue weighted by molar-refractivity contribution is -0.875. The first-order valence-corrected chi connectivity index (χ1v) is 14.5. The van der Waals surface area contributed by atoms with Gasteiger partial charge in [0.05, 0.1) is 21.1 Å². The summed E-state index contributed by atoms with van der Waals surface area (Å²) in [5, 5.41) is 8.58. The smallest absolute Gasteiger partial charge is 0.362 e. The van der Waals surface area contributed by atoms with E-state index in [0.717, 1.165) is 19.3 Å². The summed E-state index contributed by atoms with van der Waals surface area (Å²) in [7, 11) is 0.921. The number of hydrogen-bond acceptors (Lipinski definition) is 2. The Morgan fingerprint density at radius 2 is 1.06 bits per heavy atom. The summed E-state index contributed by atoms with van der Waals surface area (Å²) in [5.41, 5.74) is 0. The van der Waals surface area contributed by atoms with Crippen molar-refractivity contribution in [3.63, 3.8) is 0 Å². The Bertz CT molecular complexity index is 551. The first-order chi connectivity index (χ1) is 15.0. The lowest BCUT2D eigenvalue weighted by atomic mass is 10.0. The maximum Gasteiger partial charge on any atom is 0.362 e. The Morgan fingerprint density at radius 1 is 0.688 bits per heavy atom. The van der Waals surface area contributed by atoms with Crippen LogP contribution in [0.25, 0.3) is 0 Å². The summed E-state index contributed by atoms with van der Waals surface area (Å²) in [6, 6.07) is 0. The van der Waals surface area contributed by atoms with Gasteiger partial charge in [-0.25, -0.2) is 0 Å². The van der Waals surface area contributed by atoms with Crippen molar-refractivity contribution in [3.8, 4) is 0 Å². The number of quaternary nitrogens is 1. The molecule has 0 spiro atoms. The zero-order chi connectivity index (χ0) is 24.3. The van der Waals surface area contributed by atoms with Gasteiger partial charge < -0.3 is 19.4 Å². The van der Waals surface area contributed by atoms with Crippen LogP contribution in [-0.2, 0) is 4.57 Å². The predicted molar refractivity (Wildman–Crippen MR) is 138 cm³/mol. The zero-order valence-electron chi connectivity index (χ0n) is 21.5. The van der Waals surface area contributed by atoms with E-state index >= 15 is 0 Å². The molecule has 0 radical (unpaired) electrons. The minimum absolute atomic E-state index is 0.0393. The van der Waals surface area contributed by atoms with Crippen molar-refractivity contribution in [2.75, 3.05) is 27.7 Å². The fraction of sp³-hybridized carbons (Fsp3) is 0.846. The monoisotopic (exact) mass is 474 g/mol. The molecule has 0 aliphatic rings. The molecule has 0 fully saturated rings. The van der Waals surface area contributed by atoms with Gasteiger partial charge in [0.15, 0.2) is 0 Å². The standard InChI is InChI=1S/C26H52NO4P/c1-5-6-7-8-9-10-11-12-13-14-15-16-17-18-19-20-21-22-23-24-26(28,32(29,30)31)25-27(2,3)4/h6-7,20-21,28H,5,8-19,22-25H2,1-4H3,(H-,29,30,31)/p+1/b7-6-,21-20-. The predicted octanol–water partition coefficient (Wildman–Crippen LogP) is 6.93. The van der Waals surface area contributed by atoms with Crippen LogP contribution in [0.3, 0.4) is 0 Å². The summed E-state index contributed by atoms with van der Waals surface area (Å²) in [4.78, 5) is 19.2. The van der Waals surface area contributed by atoms with Crippen LogP contribution in [0.2, 0.25) is 0 Å². The van der Waals surface area contributed by atoms with Gasteiger partial charge in [-0.15, -0.1) is 0 Å². The molecule has 0 aromatic heterocycles. The summed E-state index contributed by atoms with van der Waals surface area (Å²) in [6.07, 6.45) is 27.1. The van der Waals surface area contributed by atoms with Gasteiger partial charge in [0.1, 0.15) is 6.54 Å². The summed E-state index contributed by atoms with van der Waals surface area (Å²) in [6.45, 7) is 2.22. The second-order valence-electron chi connectivity index (χ2n) is 10.3. The molecule has 0 saturated heterocycles. The maximum absolute atomic E-state index is 11.8. The summed E-state index contributed by atoms with van der Waals surface area (Å²) in [5.74, 6) is 0. The first kappa shape index (κ1) is 31.6. The van der Waals surface area contributed by atoms with Crippen molar-refractivity contribution in [2.45, 2.75) is 115 Å². The number of likely N-dealkylation sites (N-methyl/N-ethyl adjacent to an activating group) is 1. The largest absolute Gasteiger partial charge is 0.373 e. The number of aliphatic hydroxyl groups is 1. The molecule has 0 aliphatic heterocycles. The molecular formula is C26H53NO4P+. The van der Waals surface area contributed by atoms with Crippen LogP contribution in [0.4, 0.5) is 0 Å². The lowest BCUT2D eigenvalue weighted by Crippen LogP contribution is -2.49. The van der Waals surface area contributed by atoms with Gasteiger partial charge in [-0.3, -0.25) is 4.57 Å². The number of rotatable bonds is 21. The highest BCUT2D eigenvalue weighted by Crippen LogP contribution is 2.52. The molecule has 5 nitrogen and oxygen atoms in total. The van der Waals surface area contributed by atoms with Crippen LogP contribution in [0.1, 0.15) is 110 Å². The van der Waals surface area contributed by atoms with Gasteiger partial charge in [-0.1, -0.05) is 82.6 Å². The molecule has 0 heterocycles. The van der Waals surface area contributed by atoms with Crippen LogP contribution in [0, 0.1) is 0 Å². The number of allylic oxidation sites excluding steroid dienone is 4. The van der Waals surface area contributed by atoms with Crippen LogP contribution >= 0.6 is 7.60 Å². The summed E-state index contributed by atoms with van der Waals surface area (Å²) < 4.78 is 12.1. The van der Waals surface area contributed by atoms with Crippen LogP contribution in [-0.4, -0.2) is 52.4 Å². The number of hydrogen-bond donors (Lipinski definition) is 3. The molecule has 32 heavy (non-hydrogen) atoms. The zero-order valence-corrected chi connectivity index (χ0v) is 22.4. The van der Waals surface area contributed by atoms with E-state index < -0.39 is 12.9 Å². The van der Waals surface area contributed by atoms with E-state index in [0.29, 0.717) is 10.9 Å². The molecule has 0 saturated carbocycles. The average Bonchev–Trinajstić information content (AvgIpc) is 2.67. The highest BCUT2D eigenvalue weighted by Gasteiger charge is 2.48. The molecule has 1 unspecified atom stereocenters. The molecule has 0 rings (SSSR count). The van der Waals surface area contributed by atoms with Crippen molar-refractivity contribution in [1.82, 2.24) is 0 Å². The molecular weight excluding hydrogens is 421 g/mol. The Kier molecular flexibility index (Phi) is 17.7. The fourth-order valence-electron chi connectivity index (χ4n) is 4.04. The van der Waals surface area contributed by atoms with Crippen LogP contribution in [0.5, 0.6) is 0 Å². The normalized spacial score (nSPS) is 15.1. The van der Waals surface area contributed by atoms with Crippen LogP contribution < -0.4 is 0 Å². The van der Waals surface area contributed by atoms with E-state index in [1.54, 1.807) is 0 Å². The van der Waals surface area contributed by atoms with Gasteiger partial charge in [0.25, 0.3) is 0 Å². The topological polar surface area (TPSA) is 77.8 Å². The van der Waals surface area contributed by atoms with E-state index in [1.807, 2.05) is 21.1 Å². The fourth-order valence-corrected chi connectivity index (χ4v) is 5.10. The first-order valence-electron chi connectivity index (χ1n) is 12.9. The van der Waals surface area contributed by atoms with E-state index in [2.05, 4.69) is 31.2 Å². The highest BCUT2D eigenvalue weighted by atomic mass is 31.2. The van der Waals surface area contributed by atoms with Gasteiger partial charge in [0.2, 0.25) is 5.34 Å². The van der Waals surface area contributed by atoms with Crippen molar-refractivity contribution in [1.29, 1.82) is 0 Å². The summed E-state index contributed by atoms with van der Waals surface area (Å²) >= 11 is 0. The molecule has 0 aromatic carbocycles. The molecule has 0 amide bonds. The third-order valence-electron chi connectivity index (χ3n) is 5.78. The molecule has 1 atom stereocenters. The van der Waals surface area contributed by atoms with Gasteiger partial charge >= 0.3 is 7.60 Å². The molecule has 190 valence electrons. The van der Waals surface area contributed by atoms with E-state index in [4.69, 9.17) is 0 Å². The molecule has 0 aliphatic carbocycles. The Labute approximate surface area is 198 Å². The van der Waals surface area contributed by atoms with Crippen molar-refractivity contribution < 1.29 is 23.9 Å². The third kappa shape index (κ3) is 18.0.